The van der Waals surface area contributed by atoms with Crippen LogP contribution in [0.3, 0.4) is 0 Å². The van der Waals surface area contributed by atoms with Crippen molar-refractivity contribution in [3.63, 3.8) is 0 Å². The smallest absolute Gasteiger partial charge is 0.261 e. The van der Waals surface area contributed by atoms with Gasteiger partial charge in [0.1, 0.15) is 0 Å². The number of benzene rings is 3. The molecule has 0 bridgehead atoms. The molecule has 2 N–H and O–H groups in total. The first-order valence-electron chi connectivity index (χ1n) is 8.00. The largest absolute Gasteiger partial charge is 0.321 e. The Bertz CT molecular complexity index is 1200. The fraction of sp³-hybridized carbons (Fsp3) is 0. The van der Waals surface area contributed by atoms with Crippen molar-refractivity contribution in [1.82, 2.24) is 0 Å². The summed E-state index contributed by atoms with van der Waals surface area (Å²) in [5, 5.41) is 3.63. The first kappa shape index (κ1) is 21.7. The lowest BCUT2D eigenvalue weighted by molar-refractivity contribution is 0.102. The molecule has 0 saturated heterocycles. The Labute approximate surface area is 187 Å². The molecule has 3 rings (SSSR count). The Morgan fingerprint density at radius 3 is 2.21 bits per heavy atom. The van der Waals surface area contributed by atoms with Crippen molar-refractivity contribution in [2.75, 3.05) is 10.0 Å². The molecule has 3 aromatic rings. The average Bonchev–Trinajstić information content (AvgIpc) is 2.63. The van der Waals surface area contributed by atoms with Crippen LogP contribution in [0.15, 0.2) is 65.6 Å². The molecule has 0 spiro atoms. The van der Waals surface area contributed by atoms with E-state index in [0.717, 1.165) is 0 Å². The molecule has 0 aromatic heterocycles. The molecular formula is C19H12Cl4N2O3S. The zero-order chi connectivity index (χ0) is 21.2. The minimum absolute atomic E-state index is 0.0978. The summed E-state index contributed by atoms with van der Waals surface area (Å²) in [5.74, 6) is -0.564. The number of hydrogen-bond acceptors (Lipinski definition) is 3. The second kappa shape index (κ2) is 8.81. The molecule has 0 aliphatic rings. The summed E-state index contributed by atoms with van der Waals surface area (Å²) in [6, 6.07) is 14.6. The number of hydrogen-bond donors (Lipinski definition) is 2. The number of halogens is 4. The highest BCUT2D eigenvalue weighted by atomic mass is 35.5. The van der Waals surface area contributed by atoms with Crippen molar-refractivity contribution in [3.8, 4) is 0 Å². The third-order valence-electron chi connectivity index (χ3n) is 3.75. The van der Waals surface area contributed by atoms with Crippen molar-refractivity contribution in [1.29, 1.82) is 0 Å². The SMILES string of the molecule is O=C(Nc1cc(S(=O)(=O)Nc2cccc(Cl)c2)ccc1Cl)c1ccc(Cl)cc1Cl. The van der Waals surface area contributed by atoms with Gasteiger partial charge in [-0.2, -0.15) is 0 Å². The second-order valence-corrected chi connectivity index (χ2v) is 9.21. The van der Waals surface area contributed by atoms with Gasteiger partial charge < -0.3 is 5.32 Å². The highest BCUT2D eigenvalue weighted by Crippen LogP contribution is 2.29. The van der Waals surface area contributed by atoms with Crippen LogP contribution in [0.2, 0.25) is 20.1 Å². The predicted octanol–water partition coefficient (Wildman–Crippen LogP) is 6.35. The normalized spacial score (nSPS) is 11.2. The lowest BCUT2D eigenvalue weighted by Crippen LogP contribution is -2.15. The summed E-state index contributed by atoms with van der Waals surface area (Å²) in [7, 11) is -3.95. The van der Waals surface area contributed by atoms with Crippen molar-refractivity contribution in [3.05, 3.63) is 86.3 Å². The molecule has 1 amide bonds. The zero-order valence-electron chi connectivity index (χ0n) is 14.4. The van der Waals surface area contributed by atoms with Crippen molar-refractivity contribution < 1.29 is 13.2 Å². The fourth-order valence-corrected chi connectivity index (χ4v) is 4.32. The standard InChI is InChI=1S/C19H12Cl4N2O3S/c20-11-2-1-3-13(8-11)25-29(27,28)14-5-7-16(22)18(10-14)24-19(26)15-6-4-12(21)9-17(15)23/h1-10,25H,(H,24,26). The second-order valence-electron chi connectivity index (χ2n) is 5.84. The third-order valence-corrected chi connectivity index (χ3v) is 6.24. The Hall–Kier alpha value is -1.96. The van der Waals surface area contributed by atoms with Gasteiger partial charge in [0, 0.05) is 10.0 Å². The molecule has 0 aliphatic carbocycles. The van der Waals surface area contributed by atoms with Crippen LogP contribution in [-0.4, -0.2) is 14.3 Å². The van der Waals surface area contributed by atoms with Crippen molar-refractivity contribution >= 4 is 73.7 Å². The van der Waals surface area contributed by atoms with E-state index < -0.39 is 15.9 Å². The Kier molecular flexibility index (Phi) is 6.61. The molecule has 0 atom stereocenters. The van der Waals surface area contributed by atoms with E-state index in [4.69, 9.17) is 46.4 Å². The number of carbonyl (C=O) groups is 1. The van der Waals surface area contributed by atoms with Gasteiger partial charge in [-0.3, -0.25) is 9.52 Å². The Balaban J connectivity index is 1.88. The minimum atomic E-state index is -3.95. The van der Waals surface area contributed by atoms with Crippen LogP contribution in [0.25, 0.3) is 0 Å². The monoisotopic (exact) mass is 488 g/mol. The van der Waals surface area contributed by atoms with E-state index in [2.05, 4.69) is 10.0 Å². The molecule has 0 aliphatic heterocycles. The maximum Gasteiger partial charge on any atom is 0.261 e. The predicted molar refractivity (Wildman–Crippen MR) is 118 cm³/mol. The van der Waals surface area contributed by atoms with Gasteiger partial charge in [-0.1, -0.05) is 52.5 Å². The average molecular weight is 490 g/mol. The molecular weight excluding hydrogens is 478 g/mol. The molecule has 0 radical (unpaired) electrons. The summed E-state index contributed by atoms with van der Waals surface area (Å²) in [6.07, 6.45) is 0. The van der Waals surface area contributed by atoms with Gasteiger partial charge in [0.05, 0.1) is 31.9 Å². The summed E-state index contributed by atoms with van der Waals surface area (Å²) in [6.45, 7) is 0. The summed E-state index contributed by atoms with van der Waals surface area (Å²) < 4.78 is 27.8. The van der Waals surface area contributed by atoms with E-state index in [9.17, 15) is 13.2 Å². The van der Waals surface area contributed by atoms with Gasteiger partial charge in [0.2, 0.25) is 0 Å². The number of anilines is 2. The minimum Gasteiger partial charge on any atom is -0.321 e. The molecule has 150 valence electrons. The topological polar surface area (TPSA) is 75.3 Å². The van der Waals surface area contributed by atoms with Gasteiger partial charge in [0.25, 0.3) is 15.9 Å². The van der Waals surface area contributed by atoms with E-state index in [-0.39, 0.29) is 26.2 Å². The highest BCUT2D eigenvalue weighted by Gasteiger charge is 2.18. The first-order valence-corrected chi connectivity index (χ1v) is 11.0. The molecule has 0 fully saturated rings. The number of sulfonamides is 1. The quantitative estimate of drug-likeness (QED) is 0.438. The van der Waals surface area contributed by atoms with E-state index in [1.165, 1.54) is 42.5 Å². The van der Waals surface area contributed by atoms with Crippen LogP contribution in [0, 0.1) is 0 Å². The lowest BCUT2D eigenvalue weighted by Gasteiger charge is -2.12. The first-order chi connectivity index (χ1) is 13.7. The van der Waals surface area contributed by atoms with Gasteiger partial charge in [-0.15, -0.1) is 0 Å². The molecule has 3 aromatic carbocycles. The van der Waals surface area contributed by atoms with Crippen molar-refractivity contribution in [2.24, 2.45) is 0 Å². The zero-order valence-corrected chi connectivity index (χ0v) is 18.3. The van der Waals surface area contributed by atoms with Crippen LogP contribution >= 0.6 is 46.4 Å². The number of amides is 1. The van der Waals surface area contributed by atoms with Crippen LogP contribution < -0.4 is 10.0 Å². The van der Waals surface area contributed by atoms with Crippen LogP contribution in [0.1, 0.15) is 10.4 Å². The van der Waals surface area contributed by atoms with Crippen molar-refractivity contribution in [2.45, 2.75) is 4.90 Å². The van der Waals surface area contributed by atoms with Crippen LogP contribution in [0.4, 0.5) is 11.4 Å². The maximum atomic E-state index is 12.7. The number of carbonyl (C=O) groups excluding carboxylic acids is 1. The molecule has 0 saturated carbocycles. The third kappa shape index (κ3) is 5.35. The van der Waals surface area contributed by atoms with E-state index >= 15 is 0 Å². The van der Waals surface area contributed by atoms with E-state index in [0.29, 0.717) is 15.7 Å². The molecule has 29 heavy (non-hydrogen) atoms. The summed E-state index contributed by atoms with van der Waals surface area (Å²) in [4.78, 5) is 12.4. The fourth-order valence-electron chi connectivity index (χ4n) is 2.40. The van der Waals surface area contributed by atoms with Gasteiger partial charge >= 0.3 is 0 Å². The van der Waals surface area contributed by atoms with Gasteiger partial charge in [0.15, 0.2) is 0 Å². The molecule has 0 heterocycles. The molecule has 5 nitrogen and oxygen atoms in total. The van der Waals surface area contributed by atoms with Gasteiger partial charge in [-0.05, 0) is 54.6 Å². The maximum absolute atomic E-state index is 12.7. The highest BCUT2D eigenvalue weighted by molar-refractivity contribution is 7.92. The van der Waals surface area contributed by atoms with E-state index in [1.807, 2.05) is 0 Å². The molecule has 10 heteroatoms. The Morgan fingerprint density at radius 2 is 1.52 bits per heavy atom. The summed E-state index contributed by atoms with van der Waals surface area (Å²) >= 11 is 23.9. The van der Waals surface area contributed by atoms with Gasteiger partial charge in [-0.25, -0.2) is 8.42 Å². The molecule has 0 unspecified atom stereocenters. The van der Waals surface area contributed by atoms with Crippen LogP contribution in [-0.2, 0) is 10.0 Å². The van der Waals surface area contributed by atoms with Crippen LogP contribution in [0.5, 0.6) is 0 Å². The number of rotatable bonds is 5. The van der Waals surface area contributed by atoms with E-state index in [1.54, 1.807) is 18.2 Å². The Morgan fingerprint density at radius 1 is 0.793 bits per heavy atom. The lowest BCUT2D eigenvalue weighted by atomic mass is 10.2. The number of nitrogens with one attached hydrogen (secondary N) is 2. The summed E-state index contributed by atoms with van der Waals surface area (Å²) in [5.41, 5.74) is 0.570.